The summed E-state index contributed by atoms with van der Waals surface area (Å²) in [5.41, 5.74) is 2.43. The summed E-state index contributed by atoms with van der Waals surface area (Å²) in [4.78, 5) is 6.75. The summed E-state index contributed by atoms with van der Waals surface area (Å²) >= 11 is 0. The van der Waals surface area contributed by atoms with Crippen molar-refractivity contribution in [1.82, 2.24) is 10.3 Å². The van der Waals surface area contributed by atoms with Crippen molar-refractivity contribution in [2.24, 2.45) is 0 Å². The third kappa shape index (κ3) is 2.95. The SMILES string of the molecule is CCCNCc1cc(N(C)C2CC2)ccn1. The molecule has 88 valence electrons. The Kier molecular flexibility index (Phi) is 3.78. The van der Waals surface area contributed by atoms with Gasteiger partial charge in [0, 0.05) is 31.5 Å². The van der Waals surface area contributed by atoms with E-state index in [9.17, 15) is 0 Å². The molecule has 3 heteroatoms. The first-order valence-electron chi connectivity index (χ1n) is 6.19. The van der Waals surface area contributed by atoms with Gasteiger partial charge in [-0.2, -0.15) is 0 Å². The lowest BCUT2D eigenvalue weighted by Gasteiger charge is -2.19. The van der Waals surface area contributed by atoms with E-state index < -0.39 is 0 Å². The molecule has 1 aliphatic carbocycles. The van der Waals surface area contributed by atoms with Crippen LogP contribution >= 0.6 is 0 Å². The van der Waals surface area contributed by atoms with Gasteiger partial charge < -0.3 is 10.2 Å². The van der Waals surface area contributed by atoms with Crippen molar-refractivity contribution in [1.29, 1.82) is 0 Å². The largest absolute Gasteiger partial charge is 0.372 e. The van der Waals surface area contributed by atoms with Crippen molar-refractivity contribution in [2.75, 3.05) is 18.5 Å². The van der Waals surface area contributed by atoms with Crippen LogP contribution in [0.25, 0.3) is 0 Å². The second kappa shape index (κ2) is 5.30. The molecule has 0 bridgehead atoms. The molecule has 1 saturated carbocycles. The van der Waals surface area contributed by atoms with E-state index in [1.54, 1.807) is 0 Å². The number of nitrogens with zero attached hydrogens (tertiary/aromatic N) is 2. The molecule has 1 aliphatic rings. The molecule has 16 heavy (non-hydrogen) atoms. The molecule has 0 saturated heterocycles. The molecule has 1 N–H and O–H groups in total. The zero-order chi connectivity index (χ0) is 11.4. The van der Waals surface area contributed by atoms with Gasteiger partial charge in [0.15, 0.2) is 0 Å². The molecule has 2 rings (SSSR count). The minimum absolute atomic E-state index is 0.763. The van der Waals surface area contributed by atoms with Crippen LogP contribution in [-0.2, 0) is 6.54 Å². The zero-order valence-corrected chi connectivity index (χ0v) is 10.2. The van der Waals surface area contributed by atoms with Crippen LogP contribution in [-0.4, -0.2) is 24.6 Å². The van der Waals surface area contributed by atoms with Gasteiger partial charge in [-0.25, -0.2) is 0 Å². The van der Waals surface area contributed by atoms with Gasteiger partial charge in [0.2, 0.25) is 0 Å². The van der Waals surface area contributed by atoms with E-state index in [2.05, 4.69) is 41.3 Å². The Bertz CT molecular complexity index is 334. The Morgan fingerprint density at radius 3 is 3.00 bits per heavy atom. The minimum Gasteiger partial charge on any atom is -0.372 e. The van der Waals surface area contributed by atoms with Gasteiger partial charge in [-0.1, -0.05) is 6.92 Å². The molecule has 0 aliphatic heterocycles. The predicted molar refractivity (Wildman–Crippen MR) is 67.7 cm³/mol. The average molecular weight is 219 g/mol. The van der Waals surface area contributed by atoms with Gasteiger partial charge in [0.25, 0.3) is 0 Å². The van der Waals surface area contributed by atoms with E-state index in [4.69, 9.17) is 0 Å². The number of aromatic nitrogens is 1. The fourth-order valence-electron chi connectivity index (χ4n) is 1.85. The van der Waals surface area contributed by atoms with Gasteiger partial charge in [0.1, 0.15) is 0 Å². The number of nitrogens with one attached hydrogen (secondary N) is 1. The van der Waals surface area contributed by atoms with Gasteiger partial charge in [-0.05, 0) is 37.9 Å². The first-order valence-corrected chi connectivity index (χ1v) is 6.19. The molecule has 1 aromatic rings. The highest BCUT2D eigenvalue weighted by atomic mass is 15.2. The summed E-state index contributed by atoms with van der Waals surface area (Å²) in [7, 11) is 2.18. The van der Waals surface area contributed by atoms with Crippen LogP contribution in [0.5, 0.6) is 0 Å². The predicted octanol–water partition coefficient (Wildman–Crippen LogP) is 2.18. The summed E-state index contributed by atoms with van der Waals surface area (Å²) < 4.78 is 0. The van der Waals surface area contributed by atoms with E-state index in [-0.39, 0.29) is 0 Å². The minimum atomic E-state index is 0.763. The smallest absolute Gasteiger partial charge is 0.0562 e. The molecular weight excluding hydrogens is 198 g/mol. The highest BCUT2D eigenvalue weighted by Crippen LogP contribution is 2.29. The van der Waals surface area contributed by atoms with Crippen molar-refractivity contribution in [2.45, 2.75) is 38.8 Å². The lowest BCUT2D eigenvalue weighted by Crippen LogP contribution is -2.20. The average Bonchev–Trinajstić information content (AvgIpc) is 3.13. The van der Waals surface area contributed by atoms with Crippen LogP contribution in [0.15, 0.2) is 18.3 Å². The van der Waals surface area contributed by atoms with E-state index in [1.807, 2.05) is 6.20 Å². The summed E-state index contributed by atoms with van der Waals surface area (Å²) in [5.74, 6) is 0. The van der Waals surface area contributed by atoms with Crippen LogP contribution in [0.2, 0.25) is 0 Å². The number of hydrogen-bond acceptors (Lipinski definition) is 3. The Balaban J connectivity index is 1.95. The highest BCUT2D eigenvalue weighted by molar-refractivity contribution is 5.47. The van der Waals surface area contributed by atoms with E-state index >= 15 is 0 Å². The lowest BCUT2D eigenvalue weighted by molar-refractivity contribution is 0.664. The van der Waals surface area contributed by atoms with Gasteiger partial charge in [-0.15, -0.1) is 0 Å². The highest BCUT2D eigenvalue weighted by Gasteiger charge is 2.26. The first kappa shape index (κ1) is 11.4. The lowest BCUT2D eigenvalue weighted by atomic mass is 10.3. The molecule has 1 heterocycles. The van der Waals surface area contributed by atoms with Crippen LogP contribution in [0.1, 0.15) is 31.9 Å². The van der Waals surface area contributed by atoms with E-state index in [1.165, 1.54) is 24.9 Å². The molecular formula is C13H21N3. The van der Waals surface area contributed by atoms with Crippen molar-refractivity contribution in [3.05, 3.63) is 24.0 Å². The summed E-state index contributed by atoms with van der Waals surface area (Å²) in [6, 6.07) is 5.06. The number of pyridine rings is 1. The molecule has 0 atom stereocenters. The molecule has 3 nitrogen and oxygen atoms in total. The van der Waals surface area contributed by atoms with E-state index in [0.717, 1.165) is 24.8 Å². The van der Waals surface area contributed by atoms with Crippen molar-refractivity contribution in [3.63, 3.8) is 0 Å². The van der Waals surface area contributed by atoms with Crippen LogP contribution < -0.4 is 10.2 Å². The number of hydrogen-bond donors (Lipinski definition) is 1. The van der Waals surface area contributed by atoms with Crippen LogP contribution in [0.3, 0.4) is 0 Å². The van der Waals surface area contributed by atoms with Gasteiger partial charge >= 0.3 is 0 Å². The standard InChI is InChI=1S/C13H21N3/c1-3-7-14-10-11-9-13(6-8-15-11)16(2)12-4-5-12/h6,8-9,12,14H,3-5,7,10H2,1-2H3. The fraction of sp³-hybridized carbons (Fsp3) is 0.615. The third-order valence-corrected chi connectivity index (χ3v) is 3.03. The summed E-state index contributed by atoms with van der Waals surface area (Å²) in [6.07, 6.45) is 5.75. The zero-order valence-electron chi connectivity index (χ0n) is 10.2. The normalized spacial score (nSPS) is 15.1. The van der Waals surface area contributed by atoms with Crippen molar-refractivity contribution in [3.8, 4) is 0 Å². The fourth-order valence-corrected chi connectivity index (χ4v) is 1.85. The number of anilines is 1. The maximum Gasteiger partial charge on any atom is 0.0562 e. The molecule has 1 aromatic heterocycles. The second-order valence-corrected chi connectivity index (χ2v) is 4.52. The Morgan fingerprint density at radius 2 is 2.31 bits per heavy atom. The molecule has 0 radical (unpaired) electrons. The first-order chi connectivity index (χ1) is 7.81. The monoisotopic (exact) mass is 219 g/mol. The number of rotatable bonds is 6. The molecule has 0 unspecified atom stereocenters. The van der Waals surface area contributed by atoms with Gasteiger partial charge in [-0.3, -0.25) is 4.98 Å². The van der Waals surface area contributed by atoms with Crippen LogP contribution in [0.4, 0.5) is 5.69 Å². The molecule has 0 aromatic carbocycles. The summed E-state index contributed by atoms with van der Waals surface area (Å²) in [5, 5.41) is 3.38. The Labute approximate surface area is 97.9 Å². The maximum absolute atomic E-state index is 4.38. The topological polar surface area (TPSA) is 28.2 Å². The molecule has 0 amide bonds. The van der Waals surface area contributed by atoms with Crippen molar-refractivity contribution < 1.29 is 0 Å². The maximum atomic E-state index is 4.38. The quantitative estimate of drug-likeness (QED) is 0.743. The second-order valence-electron chi connectivity index (χ2n) is 4.52. The van der Waals surface area contributed by atoms with E-state index in [0.29, 0.717) is 0 Å². The third-order valence-electron chi connectivity index (χ3n) is 3.03. The molecule has 0 spiro atoms. The Morgan fingerprint density at radius 1 is 1.50 bits per heavy atom. The Hall–Kier alpha value is -1.09. The summed E-state index contributed by atoms with van der Waals surface area (Å²) in [6.45, 7) is 4.11. The van der Waals surface area contributed by atoms with Gasteiger partial charge in [0.05, 0.1) is 5.69 Å². The van der Waals surface area contributed by atoms with Crippen molar-refractivity contribution >= 4 is 5.69 Å². The van der Waals surface area contributed by atoms with Crippen LogP contribution in [0, 0.1) is 0 Å². The molecule has 1 fully saturated rings.